The second kappa shape index (κ2) is 3.53. The molecule has 3 rings (SSSR count). The van der Waals surface area contributed by atoms with Crippen LogP contribution in [0, 0.1) is 6.92 Å². The zero-order chi connectivity index (χ0) is 11.0. The van der Waals surface area contributed by atoms with Gasteiger partial charge in [-0.05, 0) is 30.2 Å². The standard InChI is InChI=1S/C15H12O/c1-11-10-14-13(8-5-9-15(14)16-11)12-6-3-2-4-7-12/h2-10H,1H3. The summed E-state index contributed by atoms with van der Waals surface area (Å²) in [4.78, 5) is 0. The van der Waals surface area contributed by atoms with Gasteiger partial charge in [-0.25, -0.2) is 0 Å². The summed E-state index contributed by atoms with van der Waals surface area (Å²) in [6.07, 6.45) is 0. The van der Waals surface area contributed by atoms with Crippen molar-refractivity contribution >= 4 is 11.0 Å². The van der Waals surface area contributed by atoms with Crippen molar-refractivity contribution < 1.29 is 4.42 Å². The molecule has 0 fully saturated rings. The van der Waals surface area contributed by atoms with Crippen molar-refractivity contribution in [1.82, 2.24) is 0 Å². The number of aryl methyl sites for hydroxylation is 1. The van der Waals surface area contributed by atoms with E-state index >= 15 is 0 Å². The fourth-order valence-corrected chi connectivity index (χ4v) is 2.06. The molecule has 0 aliphatic heterocycles. The third kappa shape index (κ3) is 1.41. The van der Waals surface area contributed by atoms with Gasteiger partial charge in [0.05, 0.1) is 0 Å². The largest absolute Gasteiger partial charge is 0.461 e. The van der Waals surface area contributed by atoms with Gasteiger partial charge in [0, 0.05) is 5.39 Å². The second-order valence-corrected chi connectivity index (χ2v) is 3.94. The quantitative estimate of drug-likeness (QED) is 0.577. The molecular formula is C15H12O. The van der Waals surface area contributed by atoms with Crippen LogP contribution in [-0.4, -0.2) is 0 Å². The zero-order valence-corrected chi connectivity index (χ0v) is 9.10. The number of furan rings is 1. The average molecular weight is 208 g/mol. The molecule has 0 spiro atoms. The molecule has 16 heavy (non-hydrogen) atoms. The van der Waals surface area contributed by atoms with Gasteiger partial charge in [-0.2, -0.15) is 0 Å². The molecule has 0 saturated carbocycles. The van der Waals surface area contributed by atoms with Crippen molar-refractivity contribution in [3.8, 4) is 11.1 Å². The smallest absolute Gasteiger partial charge is 0.134 e. The molecule has 78 valence electrons. The average Bonchev–Trinajstić information content (AvgIpc) is 2.70. The highest BCUT2D eigenvalue weighted by Gasteiger charge is 2.06. The molecule has 0 bridgehead atoms. The molecule has 0 radical (unpaired) electrons. The van der Waals surface area contributed by atoms with Gasteiger partial charge < -0.3 is 4.42 Å². The fraction of sp³-hybridized carbons (Fsp3) is 0.0667. The van der Waals surface area contributed by atoms with E-state index in [1.54, 1.807) is 0 Å². The molecule has 0 N–H and O–H groups in total. The molecule has 0 aliphatic carbocycles. The first-order chi connectivity index (χ1) is 7.84. The zero-order valence-electron chi connectivity index (χ0n) is 9.10. The van der Waals surface area contributed by atoms with E-state index in [-0.39, 0.29) is 0 Å². The van der Waals surface area contributed by atoms with Crippen LogP contribution in [0.4, 0.5) is 0 Å². The molecule has 0 aliphatic rings. The van der Waals surface area contributed by atoms with Gasteiger partial charge in [0.1, 0.15) is 11.3 Å². The Labute approximate surface area is 94.3 Å². The Morgan fingerprint density at radius 2 is 1.69 bits per heavy atom. The van der Waals surface area contributed by atoms with Crippen LogP contribution in [0.2, 0.25) is 0 Å². The Kier molecular flexibility index (Phi) is 2.03. The molecule has 1 heteroatoms. The molecular weight excluding hydrogens is 196 g/mol. The Hall–Kier alpha value is -2.02. The third-order valence-electron chi connectivity index (χ3n) is 2.77. The summed E-state index contributed by atoms with van der Waals surface area (Å²) in [5.41, 5.74) is 3.42. The van der Waals surface area contributed by atoms with E-state index in [0.717, 1.165) is 11.3 Å². The van der Waals surface area contributed by atoms with E-state index in [1.807, 2.05) is 25.1 Å². The number of rotatable bonds is 1. The van der Waals surface area contributed by atoms with Gasteiger partial charge >= 0.3 is 0 Å². The third-order valence-corrected chi connectivity index (χ3v) is 2.77. The Bertz CT molecular complexity index is 620. The monoisotopic (exact) mass is 208 g/mol. The van der Waals surface area contributed by atoms with Gasteiger partial charge in [-0.3, -0.25) is 0 Å². The molecule has 0 saturated heterocycles. The normalized spacial score (nSPS) is 10.8. The number of benzene rings is 2. The van der Waals surface area contributed by atoms with Crippen LogP contribution in [-0.2, 0) is 0 Å². The maximum atomic E-state index is 5.63. The summed E-state index contributed by atoms with van der Waals surface area (Å²) in [7, 11) is 0. The van der Waals surface area contributed by atoms with Gasteiger partial charge in [0.25, 0.3) is 0 Å². The Morgan fingerprint density at radius 3 is 2.50 bits per heavy atom. The summed E-state index contributed by atoms with van der Waals surface area (Å²) < 4.78 is 5.63. The first-order valence-corrected chi connectivity index (χ1v) is 5.39. The van der Waals surface area contributed by atoms with Crippen LogP contribution in [0.5, 0.6) is 0 Å². The van der Waals surface area contributed by atoms with Gasteiger partial charge in [0.15, 0.2) is 0 Å². The molecule has 1 aromatic heterocycles. The SMILES string of the molecule is Cc1cc2c(-c3ccccc3)cccc2o1. The van der Waals surface area contributed by atoms with Gasteiger partial charge in [-0.15, -0.1) is 0 Å². The number of hydrogen-bond donors (Lipinski definition) is 0. The predicted octanol–water partition coefficient (Wildman–Crippen LogP) is 4.41. The van der Waals surface area contributed by atoms with Crippen LogP contribution in [0.25, 0.3) is 22.1 Å². The minimum atomic E-state index is 0.957. The van der Waals surface area contributed by atoms with Crippen LogP contribution in [0.1, 0.15) is 5.76 Å². The summed E-state index contributed by atoms with van der Waals surface area (Å²) in [5, 5.41) is 1.19. The van der Waals surface area contributed by atoms with Crippen molar-refractivity contribution in [2.45, 2.75) is 6.92 Å². The van der Waals surface area contributed by atoms with Crippen molar-refractivity contribution in [2.24, 2.45) is 0 Å². The highest BCUT2D eigenvalue weighted by Crippen LogP contribution is 2.30. The van der Waals surface area contributed by atoms with Gasteiger partial charge in [0.2, 0.25) is 0 Å². The van der Waals surface area contributed by atoms with Crippen LogP contribution >= 0.6 is 0 Å². The summed E-state index contributed by atoms with van der Waals surface area (Å²) in [6, 6.07) is 18.7. The lowest BCUT2D eigenvalue weighted by molar-refractivity contribution is 0.578. The topological polar surface area (TPSA) is 13.1 Å². The summed E-state index contributed by atoms with van der Waals surface area (Å²) in [5.74, 6) is 0.957. The predicted molar refractivity (Wildman–Crippen MR) is 66.4 cm³/mol. The van der Waals surface area contributed by atoms with E-state index in [9.17, 15) is 0 Å². The van der Waals surface area contributed by atoms with E-state index in [0.29, 0.717) is 0 Å². The van der Waals surface area contributed by atoms with E-state index in [1.165, 1.54) is 16.5 Å². The highest BCUT2D eigenvalue weighted by molar-refractivity contribution is 5.94. The summed E-state index contributed by atoms with van der Waals surface area (Å²) >= 11 is 0. The minimum Gasteiger partial charge on any atom is -0.461 e. The van der Waals surface area contributed by atoms with Crippen LogP contribution < -0.4 is 0 Å². The van der Waals surface area contributed by atoms with Gasteiger partial charge in [-0.1, -0.05) is 42.5 Å². The maximum Gasteiger partial charge on any atom is 0.134 e. The van der Waals surface area contributed by atoms with E-state index in [2.05, 4.69) is 36.4 Å². The molecule has 0 amide bonds. The lowest BCUT2D eigenvalue weighted by Gasteiger charge is -2.01. The van der Waals surface area contributed by atoms with Crippen LogP contribution in [0.3, 0.4) is 0 Å². The number of fused-ring (bicyclic) bond motifs is 1. The van der Waals surface area contributed by atoms with E-state index in [4.69, 9.17) is 4.42 Å². The highest BCUT2D eigenvalue weighted by atomic mass is 16.3. The second-order valence-electron chi connectivity index (χ2n) is 3.94. The van der Waals surface area contributed by atoms with Crippen LogP contribution in [0.15, 0.2) is 59.0 Å². The van der Waals surface area contributed by atoms with Crippen molar-refractivity contribution in [1.29, 1.82) is 0 Å². The number of hydrogen-bond acceptors (Lipinski definition) is 1. The van der Waals surface area contributed by atoms with Crippen molar-refractivity contribution in [3.05, 3.63) is 60.4 Å². The lowest BCUT2D eigenvalue weighted by atomic mass is 10.0. The van der Waals surface area contributed by atoms with Crippen molar-refractivity contribution in [3.63, 3.8) is 0 Å². The minimum absolute atomic E-state index is 0.957. The Morgan fingerprint density at radius 1 is 0.875 bits per heavy atom. The molecule has 1 heterocycles. The Balaban J connectivity index is 2.31. The first-order valence-electron chi connectivity index (χ1n) is 5.39. The molecule has 2 aromatic carbocycles. The van der Waals surface area contributed by atoms with E-state index < -0.39 is 0 Å². The lowest BCUT2D eigenvalue weighted by Crippen LogP contribution is -1.77. The van der Waals surface area contributed by atoms with Crippen molar-refractivity contribution in [2.75, 3.05) is 0 Å². The molecule has 1 nitrogen and oxygen atoms in total. The molecule has 3 aromatic rings. The summed E-state index contributed by atoms with van der Waals surface area (Å²) in [6.45, 7) is 1.98. The maximum absolute atomic E-state index is 5.63. The fourth-order valence-electron chi connectivity index (χ4n) is 2.06. The molecule has 0 unspecified atom stereocenters. The first kappa shape index (κ1) is 9.22. The molecule has 0 atom stereocenters.